The molecule has 0 spiro atoms. The molecule has 6 heteroatoms. The summed E-state index contributed by atoms with van der Waals surface area (Å²) in [7, 11) is 0. The first kappa shape index (κ1) is 24.9. The molecule has 0 aliphatic carbocycles. The average molecular weight is 112 g/mol. The summed E-state index contributed by atoms with van der Waals surface area (Å²) in [5.74, 6) is 0. The zero-order chi connectivity index (χ0) is 4.00. The molecule has 6 heavy (non-hydrogen) atoms. The number of rotatable bonds is 0. The Morgan fingerprint density at radius 2 is 0.833 bits per heavy atom. The molecule has 4 nitrogen and oxygen atoms in total. The van der Waals surface area contributed by atoms with Gasteiger partial charge in [0.25, 0.3) is 0 Å². The van der Waals surface area contributed by atoms with Crippen molar-refractivity contribution in [2.75, 3.05) is 0 Å². The van der Waals surface area contributed by atoms with Crippen molar-refractivity contribution in [3.05, 3.63) is 0 Å². The Bertz CT molecular complexity index is 5.51. The summed E-state index contributed by atoms with van der Waals surface area (Å²) in [6, 6.07) is 0. The van der Waals surface area contributed by atoms with E-state index in [2.05, 4.69) is 0 Å². The molecule has 0 rings (SSSR count). The van der Waals surface area contributed by atoms with E-state index in [0.717, 1.165) is 0 Å². The average Bonchev–Trinajstić information content (AvgIpc) is 1.50. The van der Waals surface area contributed by atoms with Crippen molar-refractivity contribution in [2.45, 2.75) is 0 Å². The van der Waals surface area contributed by atoms with Gasteiger partial charge in [-0.1, -0.05) is 0 Å². The zero-order valence-corrected chi connectivity index (χ0v) is 7.71. The third kappa shape index (κ3) is 40.4. The van der Waals surface area contributed by atoms with Crippen LogP contribution >= 0.6 is 0 Å². The Kier molecular flexibility index (Phi) is 286. The summed E-state index contributed by atoms with van der Waals surface area (Å²) in [5.41, 5.74) is 0. The molecule has 0 aromatic carbocycles. The van der Waals surface area contributed by atoms with Crippen LogP contribution in [0.2, 0.25) is 0 Å². The Hall–Kier alpha value is 1.84. The maximum Gasteiger partial charge on any atom is 1.00 e. The Morgan fingerprint density at radius 1 is 0.833 bits per heavy atom. The molecule has 0 saturated carbocycles. The third-order valence-corrected chi connectivity index (χ3v) is 0. The molecule has 0 aromatic heterocycles. The second-order valence-corrected chi connectivity index (χ2v) is 0. The molecule has 0 radical (unpaired) electrons. The number of hydrogen-bond acceptors (Lipinski definition) is 4. The monoisotopic (exact) mass is 112 g/mol. The van der Waals surface area contributed by atoms with E-state index >= 15 is 0 Å². The predicted molar refractivity (Wildman–Crippen MR) is 5.26 cm³/mol. The molecule has 0 unspecified atom stereocenters. The molecule has 0 bridgehead atoms. The Morgan fingerprint density at radius 3 is 0.833 bits per heavy atom. The van der Waals surface area contributed by atoms with E-state index in [0.29, 0.717) is 0 Å². The first-order chi connectivity index (χ1) is 2.00. The van der Waals surface area contributed by atoms with Crippen molar-refractivity contribution in [1.82, 2.24) is 0 Å². The van der Waals surface area contributed by atoms with E-state index in [1.165, 1.54) is 0 Å². The quantitative estimate of drug-likeness (QED) is 0.185. The maximum absolute atomic E-state index is 7.00. The molecule has 2 N–H and O–H groups in total. The first-order valence-corrected chi connectivity index (χ1v) is 0.367. The van der Waals surface area contributed by atoms with Gasteiger partial charge in [-0.2, -0.15) is 0 Å². The summed E-state index contributed by atoms with van der Waals surface area (Å²) in [6.45, 7) is 0. The van der Waals surface area contributed by atoms with Gasteiger partial charge in [-0.3, -0.25) is 10.5 Å². The largest absolute Gasteiger partial charge is 1.00 e. The minimum Gasteiger partial charge on any atom is -1.00 e. The fourth-order valence-electron chi connectivity index (χ4n) is 0. The van der Waals surface area contributed by atoms with Gasteiger partial charge in [-0.05, 0) is 0 Å². The van der Waals surface area contributed by atoms with Crippen LogP contribution in [0.5, 0.6) is 0 Å². The van der Waals surface area contributed by atoms with Gasteiger partial charge in [0.15, 0.2) is 0 Å². The van der Waals surface area contributed by atoms with E-state index in [4.69, 9.17) is 21.0 Å². The Balaban J connectivity index is -0.00000000500. The van der Waals surface area contributed by atoms with E-state index < -0.39 is 0 Å². The Labute approximate surface area is 79.2 Å². The van der Waals surface area contributed by atoms with Crippen molar-refractivity contribution in [3.8, 4) is 0 Å². The van der Waals surface area contributed by atoms with E-state index in [1.807, 2.05) is 0 Å². The first-order valence-electron chi connectivity index (χ1n) is 0.367. The fourth-order valence-corrected chi connectivity index (χ4v) is 0. The summed E-state index contributed by atoms with van der Waals surface area (Å²) in [4.78, 5) is 0. The van der Waals surface area contributed by atoms with Gasteiger partial charge in [-0.25, -0.2) is 0 Å². The second kappa shape index (κ2) is 68.9. The predicted octanol–water partition coefficient (Wildman–Crippen LogP) is -8.35. The van der Waals surface area contributed by atoms with Crippen molar-refractivity contribution in [2.24, 2.45) is 0 Å². The van der Waals surface area contributed by atoms with Crippen LogP contribution in [-0.4, -0.2) is 10.5 Å². The van der Waals surface area contributed by atoms with Crippen molar-refractivity contribution in [1.29, 1.82) is 0 Å². The van der Waals surface area contributed by atoms with Gasteiger partial charge in [0.2, 0.25) is 0 Å². The molecule has 0 amide bonds. The van der Waals surface area contributed by atoms with Crippen molar-refractivity contribution < 1.29 is 80.1 Å². The van der Waals surface area contributed by atoms with Crippen LogP contribution in [0.25, 0.3) is 0 Å². The summed E-state index contributed by atoms with van der Waals surface area (Å²) in [6.07, 6.45) is 0. The van der Waals surface area contributed by atoms with Crippen LogP contribution in [0.3, 0.4) is 0 Å². The molecule has 0 heterocycles. The van der Waals surface area contributed by atoms with Crippen molar-refractivity contribution >= 4 is 0 Å². The van der Waals surface area contributed by atoms with Crippen LogP contribution in [-0.2, 0) is 0 Å². The molecule has 0 aliphatic heterocycles. The maximum atomic E-state index is 7.00. The van der Waals surface area contributed by atoms with Gasteiger partial charge in [0.1, 0.15) is 0 Å². The van der Waals surface area contributed by atoms with Crippen LogP contribution in [0, 0.1) is 0 Å². The van der Waals surface area contributed by atoms with Crippen LogP contribution in [0.15, 0.2) is 0 Å². The molecular weight excluding hydrogens is 110 g/mol. The fraction of sp³-hybridized carbons (Fsp3) is 0. The SMILES string of the molecule is OO.[Na+].[Na+].[O-][O-]. The summed E-state index contributed by atoms with van der Waals surface area (Å²) in [5, 5.41) is 26.0. The summed E-state index contributed by atoms with van der Waals surface area (Å²) >= 11 is 0. The standard InChI is InChI=1S/2Na.H2O2.O2/c;;2*1-2/h;;1-2H;/q2*+1;;-2. The van der Waals surface area contributed by atoms with Gasteiger partial charge in [0.05, 0.1) is 0 Å². The van der Waals surface area contributed by atoms with Gasteiger partial charge >= 0.3 is 59.1 Å². The van der Waals surface area contributed by atoms with Crippen molar-refractivity contribution in [3.63, 3.8) is 0 Å². The summed E-state index contributed by atoms with van der Waals surface area (Å²) < 4.78 is 0. The minimum atomic E-state index is 0. The second-order valence-electron chi connectivity index (χ2n) is 0. The minimum absolute atomic E-state index is 0. The molecule has 0 atom stereocenters. The molecule has 0 fully saturated rings. The van der Waals surface area contributed by atoms with E-state index in [1.54, 1.807) is 0 Å². The normalized spacial score (nSPS) is 2.00. The van der Waals surface area contributed by atoms with Crippen LogP contribution < -0.4 is 69.6 Å². The molecule has 0 aliphatic rings. The topological polar surface area (TPSA) is 86.6 Å². The van der Waals surface area contributed by atoms with E-state index in [-0.39, 0.29) is 59.1 Å². The van der Waals surface area contributed by atoms with Gasteiger partial charge in [-0.15, -0.1) is 0 Å². The smallest absolute Gasteiger partial charge is 1.00 e. The number of hydrogen-bond donors (Lipinski definition) is 2. The molecular formula is H2Na2O4. The molecule has 0 aromatic rings. The molecule has 0 saturated heterocycles. The van der Waals surface area contributed by atoms with Gasteiger partial charge < -0.3 is 10.5 Å². The van der Waals surface area contributed by atoms with E-state index in [9.17, 15) is 0 Å². The zero-order valence-electron chi connectivity index (χ0n) is 3.71. The van der Waals surface area contributed by atoms with Crippen LogP contribution in [0.4, 0.5) is 0 Å². The molecule has 28 valence electrons. The van der Waals surface area contributed by atoms with Crippen LogP contribution in [0.1, 0.15) is 0 Å². The third-order valence-electron chi connectivity index (χ3n) is 0. The van der Waals surface area contributed by atoms with Gasteiger partial charge in [0, 0.05) is 0 Å².